The molecule has 1 amide bonds. The number of nitrogens with one attached hydrogen (secondary N) is 1. The third kappa shape index (κ3) is 5.30. The molecule has 0 heterocycles. The Morgan fingerprint density at radius 1 is 1.24 bits per heavy atom. The maximum Gasteiger partial charge on any atom is 0.312 e. The molecule has 2 aromatic carbocycles. The fraction of sp³-hybridized carbons (Fsp3) is 0.316. The molecule has 29 heavy (non-hydrogen) atoms. The Morgan fingerprint density at radius 3 is 2.52 bits per heavy atom. The van der Waals surface area contributed by atoms with Gasteiger partial charge in [-0.3, -0.25) is 14.9 Å². The molecule has 0 aliphatic rings. The third-order valence-electron chi connectivity index (χ3n) is 4.20. The molecule has 0 unspecified atom stereocenters. The Balaban J connectivity index is 2.31. The van der Waals surface area contributed by atoms with Crippen molar-refractivity contribution in [2.45, 2.75) is 25.2 Å². The van der Waals surface area contributed by atoms with E-state index in [1.807, 2.05) is 19.1 Å². The molecule has 1 N–H and O–H groups in total. The van der Waals surface area contributed by atoms with Gasteiger partial charge in [0, 0.05) is 18.3 Å². The molecule has 2 rings (SSSR count). The van der Waals surface area contributed by atoms with Gasteiger partial charge in [-0.25, -0.2) is 8.42 Å². The minimum absolute atomic E-state index is 0.0479. The number of rotatable bonds is 9. The number of nitro groups is 1. The van der Waals surface area contributed by atoms with Crippen molar-refractivity contribution in [2.75, 3.05) is 25.5 Å². The average Bonchev–Trinajstić information content (AvgIpc) is 2.68. The number of benzene rings is 2. The molecule has 2 aromatic rings. The molecule has 0 saturated heterocycles. The third-order valence-corrected chi connectivity index (χ3v) is 6.04. The van der Waals surface area contributed by atoms with Crippen molar-refractivity contribution in [1.29, 1.82) is 0 Å². The van der Waals surface area contributed by atoms with Crippen LogP contribution >= 0.6 is 0 Å². The zero-order valence-corrected chi connectivity index (χ0v) is 17.2. The summed E-state index contributed by atoms with van der Waals surface area (Å²) >= 11 is 0. The van der Waals surface area contributed by atoms with E-state index in [4.69, 9.17) is 4.74 Å². The van der Waals surface area contributed by atoms with E-state index in [9.17, 15) is 23.3 Å². The van der Waals surface area contributed by atoms with Crippen molar-refractivity contribution in [3.05, 3.63) is 58.1 Å². The van der Waals surface area contributed by atoms with Crippen molar-refractivity contribution < 1.29 is 22.9 Å². The van der Waals surface area contributed by atoms with E-state index >= 15 is 0 Å². The Bertz CT molecular complexity index is 1010. The summed E-state index contributed by atoms with van der Waals surface area (Å²) in [4.78, 5) is 22.7. The van der Waals surface area contributed by atoms with E-state index in [1.165, 1.54) is 19.2 Å². The first-order chi connectivity index (χ1) is 13.7. The lowest BCUT2D eigenvalue weighted by atomic mass is 10.2. The van der Waals surface area contributed by atoms with Crippen molar-refractivity contribution in [2.24, 2.45) is 0 Å². The molecule has 0 aliphatic heterocycles. The molecule has 0 spiro atoms. The average molecular weight is 421 g/mol. The van der Waals surface area contributed by atoms with Crippen LogP contribution in [0.5, 0.6) is 5.75 Å². The van der Waals surface area contributed by atoms with E-state index in [-0.39, 0.29) is 17.2 Å². The highest BCUT2D eigenvalue weighted by atomic mass is 32.2. The number of aryl methyl sites for hydroxylation is 1. The van der Waals surface area contributed by atoms with Gasteiger partial charge >= 0.3 is 5.69 Å². The van der Waals surface area contributed by atoms with Crippen LogP contribution in [-0.2, 0) is 14.8 Å². The molecule has 0 bridgehead atoms. The van der Waals surface area contributed by atoms with Crippen LogP contribution in [0.3, 0.4) is 0 Å². The fourth-order valence-electron chi connectivity index (χ4n) is 2.72. The van der Waals surface area contributed by atoms with Gasteiger partial charge in [-0.1, -0.05) is 25.1 Å². The molecule has 10 heteroatoms. The summed E-state index contributed by atoms with van der Waals surface area (Å²) < 4.78 is 32.0. The van der Waals surface area contributed by atoms with Crippen molar-refractivity contribution in [1.82, 2.24) is 4.31 Å². The number of para-hydroxylation sites is 1. The Morgan fingerprint density at radius 2 is 1.93 bits per heavy atom. The van der Waals surface area contributed by atoms with E-state index in [2.05, 4.69) is 5.32 Å². The van der Waals surface area contributed by atoms with Gasteiger partial charge in [-0.2, -0.15) is 4.31 Å². The Labute approximate surface area is 169 Å². The fourth-order valence-corrected chi connectivity index (χ4v) is 4.23. The number of carbonyl (C=O) groups excluding carboxylic acids is 1. The first-order valence-corrected chi connectivity index (χ1v) is 10.3. The number of nitrogens with zero attached hydrogens (tertiary/aromatic N) is 2. The van der Waals surface area contributed by atoms with Crippen LogP contribution in [0.25, 0.3) is 0 Å². The quantitative estimate of drug-likeness (QED) is 0.491. The predicted molar refractivity (Wildman–Crippen MR) is 109 cm³/mol. The number of sulfonamides is 1. The van der Waals surface area contributed by atoms with Crippen LogP contribution in [0.2, 0.25) is 0 Å². The van der Waals surface area contributed by atoms with Crippen molar-refractivity contribution >= 4 is 27.3 Å². The summed E-state index contributed by atoms with van der Waals surface area (Å²) in [5, 5.41) is 13.9. The summed E-state index contributed by atoms with van der Waals surface area (Å²) in [6.07, 6.45) is 0.467. The van der Waals surface area contributed by atoms with E-state index in [1.54, 1.807) is 19.1 Å². The van der Waals surface area contributed by atoms with Crippen LogP contribution < -0.4 is 10.1 Å². The van der Waals surface area contributed by atoms with E-state index < -0.39 is 33.1 Å². The second-order valence-electron chi connectivity index (χ2n) is 6.29. The second kappa shape index (κ2) is 9.48. The van der Waals surface area contributed by atoms with Gasteiger partial charge in [0.15, 0.2) is 5.75 Å². The normalized spacial score (nSPS) is 11.3. The van der Waals surface area contributed by atoms with Gasteiger partial charge in [0.2, 0.25) is 15.9 Å². The number of anilines is 1. The molecule has 0 aromatic heterocycles. The van der Waals surface area contributed by atoms with Gasteiger partial charge in [-0.15, -0.1) is 0 Å². The SMILES string of the molecule is CCCN(CC(=O)Nc1ccccc1C)S(=O)(=O)c1ccc(OC)c([N+](=O)[O-])c1. The standard InChI is InChI=1S/C19H23N3O6S/c1-4-11-21(13-19(23)20-16-8-6-5-7-14(16)2)29(26,27)15-9-10-18(28-3)17(12-15)22(24)25/h5-10,12H,4,11,13H2,1-3H3,(H,20,23). The molecule has 0 atom stereocenters. The highest BCUT2D eigenvalue weighted by molar-refractivity contribution is 7.89. The maximum absolute atomic E-state index is 13.0. The monoisotopic (exact) mass is 421 g/mol. The number of amides is 1. The molecule has 9 nitrogen and oxygen atoms in total. The molecule has 0 saturated carbocycles. The van der Waals surface area contributed by atoms with Crippen molar-refractivity contribution in [3.8, 4) is 5.75 Å². The molecule has 0 radical (unpaired) electrons. The summed E-state index contributed by atoms with van der Waals surface area (Å²) in [7, 11) is -2.87. The molecule has 0 fully saturated rings. The summed E-state index contributed by atoms with van der Waals surface area (Å²) in [6.45, 7) is 3.28. The number of nitro benzene ring substituents is 1. The van der Waals surface area contributed by atoms with Gasteiger partial charge in [0.25, 0.3) is 0 Å². The topological polar surface area (TPSA) is 119 Å². The summed E-state index contributed by atoms with van der Waals surface area (Å²) in [5.74, 6) is -0.548. The lowest BCUT2D eigenvalue weighted by Gasteiger charge is -2.21. The number of hydrogen-bond donors (Lipinski definition) is 1. The van der Waals surface area contributed by atoms with Gasteiger partial charge < -0.3 is 10.1 Å². The smallest absolute Gasteiger partial charge is 0.312 e. The Hall–Kier alpha value is -2.98. The van der Waals surface area contributed by atoms with Gasteiger partial charge in [0.05, 0.1) is 23.5 Å². The zero-order valence-electron chi connectivity index (χ0n) is 16.4. The highest BCUT2D eigenvalue weighted by Gasteiger charge is 2.29. The highest BCUT2D eigenvalue weighted by Crippen LogP contribution is 2.30. The minimum Gasteiger partial charge on any atom is -0.490 e. The van der Waals surface area contributed by atoms with Crippen LogP contribution in [-0.4, -0.2) is 43.8 Å². The van der Waals surface area contributed by atoms with E-state index in [0.29, 0.717) is 12.1 Å². The molecular weight excluding hydrogens is 398 g/mol. The number of ether oxygens (including phenoxy) is 1. The van der Waals surface area contributed by atoms with E-state index in [0.717, 1.165) is 15.9 Å². The van der Waals surface area contributed by atoms with Crippen molar-refractivity contribution in [3.63, 3.8) is 0 Å². The number of carbonyl (C=O) groups is 1. The van der Waals surface area contributed by atoms with Gasteiger partial charge in [0.1, 0.15) is 0 Å². The van der Waals surface area contributed by atoms with Crippen LogP contribution in [0.1, 0.15) is 18.9 Å². The lowest BCUT2D eigenvalue weighted by molar-refractivity contribution is -0.386. The Kier molecular flexibility index (Phi) is 7.29. The second-order valence-corrected chi connectivity index (χ2v) is 8.23. The van der Waals surface area contributed by atoms with Crippen LogP contribution in [0, 0.1) is 17.0 Å². The van der Waals surface area contributed by atoms with Crippen LogP contribution in [0.15, 0.2) is 47.4 Å². The lowest BCUT2D eigenvalue weighted by Crippen LogP contribution is -2.38. The molecule has 0 aliphatic carbocycles. The predicted octanol–water partition coefficient (Wildman–Crippen LogP) is 2.95. The number of hydrogen-bond acceptors (Lipinski definition) is 6. The largest absolute Gasteiger partial charge is 0.490 e. The zero-order chi connectivity index (χ0) is 21.6. The molecule has 156 valence electrons. The summed E-state index contributed by atoms with van der Waals surface area (Å²) in [6, 6.07) is 10.5. The first kappa shape index (κ1) is 22.3. The maximum atomic E-state index is 13.0. The van der Waals surface area contributed by atoms with Gasteiger partial charge in [-0.05, 0) is 37.1 Å². The minimum atomic E-state index is -4.13. The summed E-state index contributed by atoms with van der Waals surface area (Å²) in [5.41, 5.74) is 0.970. The van der Waals surface area contributed by atoms with Crippen LogP contribution in [0.4, 0.5) is 11.4 Å². The number of methoxy groups -OCH3 is 1. The first-order valence-electron chi connectivity index (χ1n) is 8.88. The molecular formula is C19H23N3O6S.